The number of imide groups is 1. The van der Waals surface area contributed by atoms with Crippen molar-refractivity contribution in [3.05, 3.63) is 69.3 Å². The van der Waals surface area contributed by atoms with E-state index in [0.29, 0.717) is 13.1 Å². The number of hydrogen-bond donors (Lipinski definition) is 0. The molecule has 8 heteroatoms. The molecule has 0 radical (unpaired) electrons. The second-order valence-electron chi connectivity index (χ2n) is 6.49. The summed E-state index contributed by atoms with van der Waals surface area (Å²) in [6.07, 6.45) is 0. The second-order valence-corrected chi connectivity index (χ2v) is 7.65. The lowest BCUT2D eigenvalue weighted by Crippen LogP contribution is -2.47. The molecule has 144 valence electrons. The van der Waals surface area contributed by atoms with Gasteiger partial charge in [0.25, 0.3) is 11.8 Å². The first kappa shape index (κ1) is 19.1. The lowest BCUT2D eigenvalue weighted by molar-refractivity contribution is -0.121. The zero-order valence-corrected chi connectivity index (χ0v) is 17.0. The zero-order valence-electron chi connectivity index (χ0n) is 14.7. The fourth-order valence-electron chi connectivity index (χ4n) is 3.48. The molecule has 2 aromatic carbocycles. The number of anilines is 2. The van der Waals surface area contributed by atoms with Crippen molar-refractivity contribution in [1.82, 2.24) is 4.90 Å². The van der Waals surface area contributed by atoms with Crippen molar-refractivity contribution in [2.75, 3.05) is 36.0 Å². The molecule has 0 aliphatic carbocycles. The van der Waals surface area contributed by atoms with Crippen LogP contribution >= 0.6 is 34.8 Å². The molecule has 4 rings (SSSR count). The Bertz CT molecular complexity index is 970. The quantitative estimate of drug-likeness (QED) is 0.678. The van der Waals surface area contributed by atoms with Crippen LogP contribution in [0.1, 0.15) is 0 Å². The van der Waals surface area contributed by atoms with Crippen LogP contribution in [-0.4, -0.2) is 42.9 Å². The molecule has 0 aromatic heterocycles. The fraction of sp³-hybridized carbons (Fsp3) is 0.200. The first-order valence-electron chi connectivity index (χ1n) is 8.76. The Morgan fingerprint density at radius 1 is 0.714 bits per heavy atom. The molecule has 0 saturated carbocycles. The predicted molar refractivity (Wildman–Crippen MR) is 112 cm³/mol. The van der Waals surface area contributed by atoms with E-state index >= 15 is 0 Å². The summed E-state index contributed by atoms with van der Waals surface area (Å²) in [7, 11) is 0. The third-order valence-corrected chi connectivity index (χ3v) is 6.04. The number of para-hydroxylation sites is 1. The Kier molecular flexibility index (Phi) is 5.23. The van der Waals surface area contributed by atoms with Crippen molar-refractivity contribution in [1.29, 1.82) is 0 Å². The molecule has 2 heterocycles. The van der Waals surface area contributed by atoms with Gasteiger partial charge >= 0.3 is 0 Å². The van der Waals surface area contributed by atoms with Gasteiger partial charge in [-0.05, 0) is 24.3 Å². The van der Waals surface area contributed by atoms with Crippen LogP contribution in [0.5, 0.6) is 0 Å². The largest absolute Gasteiger partial charge is 0.368 e. The summed E-state index contributed by atoms with van der Waals surface area (Å²) in [5, 5.41) is 0.320. The third kappa shape index (κ3) is 3.24. The molecule has 2 amide bonds. The summed E-state index contributed by atoms with van der Waals surface area (Å²) in [4.78, 5) is 30.8. The van der Waals surface area contributed by atoms with Gasteiger partial charge < -0.3 is 9.80 Å². The topological polar surface area (TPSA) is 43.9 Å². The SMILES string of the molecule is O=C1C(Cl)=C(N2CCN(c3ccccc3)CC2)C(=O)N1c1cccc(Cl)c1Cl. The lowest BCUT2D eigenvalue weighted by Gasteiger charge is -2.37. The monoisotopic (exact) mass is 435 g/mol. The van der Waals surface area contributed by atoms with Crippen molar-refractivity contribution >= 4 is 58.0 Å². The summed E-state index contributed by atoms with van der Waals surface area (Å²) in [5.41, 5.74) is 1.58. The molecule has 0 spiro atoms. The first-order valence-corrected chi connectivity index (χ1v) is 9.90. The highest BCUT2D eigenvalue weighted by Gasteiger charge is 2.42. The van der Waals surface area contributed by atoms with Gasteiger partial charge in [0.1, 0.15) is 10.7 Å². The van der Waals surface area contributed by atoms with Crippen molar-refractivity contribution < 1.29 is 9.59 Å². The molecule has 28 heavy (non-hydrogen) atoms. The molecule has 0 bridgehead atoms. The van der Waals surface area contributed by atoms with Crippen molar-refractivity contribution in [2.45, 2.75) is 0 Å². The van der Waals surface area contributed by atoms with E-state index in [1.807, 2.05) is 23.1 Å². The van der Waals surface area contributed by atoms with E-state index in [1.165, 1.54) is 0 Å². The van der Waals surface area contributed by atoms with E-state index in [1.54, 1.807) is 18.2 Å². The smallest absolute Gasteiger partial charge is 0.283 e. The van der Waals surface area contributed by atoms with Crippen LogP contribution in [0, 0.1) is 0 Å². The summed E-state index contributed by atoms with van der Waals surface area (Å²) in [5.74, 6) is -1.07. The van der Waals surface area contributed by atoms with Crippen LogP contribution in [-0.2, 0) is 9.59 Å². The van der Waals surface area contributed by atoms with Crippen LogP contribution in [0.2, 0.25) is 10.0 Å². The first-order chi connectivity index (χ1) is 13.5. The highest BCUT2D eigenvalue weighted by atomic mass is 35.5. The molecule has 5 nitrogen and oxygen atoms in total. The minimum absolute atomic E-state index is 0.0887. The molecule has 2 aliphatic rings. The van der Waals surface area contributed by atoms with Gasteiger partial charge in [0.2, 0.25) is 0 Å². The Morgan fingerprint density at radius 3 is 2.04 bits per heavy atom. The number of piperazine rings is 1. The van der Waals surface area contributed by atoms with E-state index in [9.17, 15) is 9.59 Å². The van der Waals surface area contributed by atoms with Crippen LogP contribution in [0.15, 0.2) is 59.3 Å². The van der Waals surface area contributed by atoms with E-state index in [-0.39, 0.29) is 26.5 Å². The molecule has 0 atom stereocenters. The minimum atomic E-state index is -0.587. The number of nitrogens with zero attached hydrogens (tertiary/aromatic N) is 3. The van der Waals surface area contributed by atoms with Gasteiger partial charge in [0.05, 0.1) is 15.7 Å². The molecule has 2 aromatic rings. The molecular weight excluding hydrogens is 421 g/mol. The van der Waals surface area contributed by atoms with Crippen LogP contribution in [0.4, 0.5) is 11.4 Å². The van der Waals surface area contributed by atoms with E-state index < -0.39 is 11.8 Å². The van der Waals surface area contributed by atoms with Gasteiger partial charge in [-0.25, -0.2) is 4.90 Å². The molecule has 1 saturated heterocycles. The summed E-state index contributed by atoms with van der Waals surface area (Å²) in [6.45, 7) is 2.60. The van der Waals surface area contributed by atoms with E-state index in [4.69, 9.17) is 34.8 Å². The average Bonchev–Trinajstić information content (AvgIpc) is 2.94. The number of halogens is 3. The Morgan fingerprint density at radius 2 is 1.36 bits per heavy atom. The number of hydrogen-bond acceptors (Lipinski definition) is 4. The van der Waals surface area contributed by atoms with Gasteiger partial charge in [-0.2, -0.15) is 0 Å². The number of rotatable bonds is 3. The van der Waals surface area contributed by atoms with E-state index in [2.05, 4.69) is 17.0 Å². The Labute approximate surface area is 177 Å². The zero-order chi connectivity index (χ0) is 19.8. The van der Waals surface area contributed by atoms with Crippen LogP contribution in [0.3, 0.4) is 0 Å². The van der Waals surface area contributed by atoms with Gasteiger partial charge in [0, 0.05) is 31.9 Å². The lowest BCUT2D eigenvalue weighted by atomic mass is 10.2. The van der Waals surface area contributed by atoms with E-state index in [0.717, 1.165) is 23.7 Å². The number of benzene rings is 2. The van der Waals surface area contributed by atoms with Crippen molar-refractivity contribution in [3.63, 3.8) is 0 Å². The summed E-state index contributed by atoms with van der Waals surface area (Å²) in [6, 6.07) is 14.9. The Balaban J connectivity index is 1.55. The predicted octanol–water partition coefficient (Wildman–Crippen LogP) is 4.14. The van der Waals surface area contributed by atoms with Crippen LogP contribution < -0.4 is 9.80 Å². The van der Waals surface area contributed by atoms with Crippen molar-refractivity contribution in [3.8, 4) is 0 Å². The number of amides is 2. The van der Waals surface area contributed by atoms with Gasteiger partial charge in [-0.1, -0.05) is 59.1 Å². The van der Waals surface area contributed by atoms with Crippen LogP contribution in [0.25, 0.3) is 0 Å². The maximum absolute atomic E-state index is 13.0. The summed E-state index contributed by atoms with van der Waals surface area (Å²) >= 11 is 18.5. The maximum Gasteiger partial charge on any atom is 0.283 e. The molecule has 2 aliphatic heterocycles. The van der Waals surface area contributed by atoms with Gasteiger partial charge in [-0.3, -0.25) is 9.59 Å². The fourth-order valence-corrected chi connectivity index (χ4v) is 4.14. The molecule has 1 fully saturated rings. The second kappa shape index (κ2) is 7.66. The standard InChI is InChI=1S/C20H16Cl3N3O2/c21-14-7-4-8-15(16(14)22)26-19(27)17(23)18(20(26)28)25-11-9-24(10-12-25)13-5-2-1-3-6-13/h1-8H,9-12H2. The maximum atomic E-state index is 13.0. The highest BCUT2D eigenvalue weighted by molar-refractivity contribution is 6.54. The van der Waals surface area contributed by atoms with Gasteiger partial charge in [0.15, 0.2) is 0 Å². The third-order valence-electron chi connectivity index (χ3n) is 4.89. The summed E-state index contributed by atoms with van der Waals surface area (Å²) < 4.78 is 0. The highest BCUT2D eigenvalue weighted by Crippen LogP contribution is 2.38. The number of carbonyl (C=O) groups is 2. The Hall–Kier alpha value is -2.21. The normalized spacial score (nSPS) is 17.8. The number of carbonyl (C=O) groups excluding carboxylic acids is 2. The average molecular weight is 437 g/mol. The van der Waals surface area contributed by atoms with Crippen molar-refractivity contribution in [2.24, 2.45) is 0 Å². The molecule has 0 N–H and O–H groups in total. The molecule has 0 unspecified atom stereocenters. The molecular formula is C20H16Cl3N3O2. The minimum Gasteiger partial charge on any atom is -0.368 e. The van der Waals surface area contributed by atoms with Gasteiger partial charge in [-0.15, -0.1) is 0 Å².